The third kappa shape index (κ3) is 5.03. The molecule has 0 fully saturated rings. The molecule has 0 spiro atoms. The van der Waals surface area contributed by atoms with Crippen molar-refractivity contribution in [1.82, 2.24) is 19.9 Å². The molecular formula is C18H19BrN4O2. The summed E-state index contributed by atoms with van der Waals surface area (Å²) in [6.07, 6.45) is 3.69. The van der Waals surface area contributed by atoms with Crippen LogP contribution in [0.5, 0.6) is 5.75 Å². The Balaban J connectivity index is 1.33. The van der Waals surface area contributed by atoms with E-state index in [-0.39, 0.29) is 5.91 Å². The van der Waals surface area contributed by atoms with Crippen LogP contribution >= 0.6 is 15.9 Å². The van der Waals surface area contributed by atoms with Crippen molar-refractivity contribution in [2.45, 2.75) is 19.3 Å². The van der Waals surface area contributed by atoms with E-state index in [2.05, 4.69) is 31.4 Å². The Morgan fingerprint density at radius 3 is 2.84 bits per heavy atom. The summed E-state index contributed by atoms with van der Waals surface area (Å²) in [5.41, 5.74) is 0.814. The maximum atomic E-state index is 11.9. The van der Waals surface area contributed by atoms with Gasteiger partial charge in [-0.15, -0.1) is 10.2 Å². The normalized spacial score (nSPS) is 10.8. The maximum absolute atomic E-state index is 11.9. The van der Waals surface area contributed by atoms with E-state index < -0.39 is 0 Å². The highest BCUT2D eigenvalue weighted by Crippen LogP contribution is 2.16. The highest BCUT2D eigenvalue weighted by Gasteiger charge is 2.06. The molecule has 3 aromatic rings. The van der Waals surface area contributed by atoms with Crippen LogP contribution in [0.15, 0.2) is 53.1 Å². The topological polar surface area (TPSA) is 68.5 Å². The van der Waals surface area contributed by atoms with E-state index in [9.17, 15) is 4.79 Å². The molecule has 0 aliphatic heterocycles. The predicted molar refractivity (Wildman–Crippen MR) is 98.6 cm³/mol. The predicted octanol–water partition coefficient (Wildman–Crippen LogP) is 3.01. The number of hydrogen-bond donors (Lipinski definition) is 1. The summed E-state index contributed by atoms with van der Waals surface area (Å²) >= 11 is 3.38. The minimum absolute atomic E-state index is 0.0215. The number of ether oxygens (including phenoxy) is 1. The molecule has 2 aromatic heterocycles. The van der Waals surface area contributed by atoms with Crippen LogP contribution in [0.1, 0.15) is 18.7 Å². The molecule has 0 bridgehead atoms. The van der Waals surface area contributed by atoms with E-state index in [0.717, 1.165) is 21.7 Å². The number of nitrogens with one attached hydrogen (secondary N) is 1. The summed E-state index contributed by atoms with van der Waals surface area (Å²) in [5.74, 6) is 1.67. The molecule has 130 valence electrons. The van der Waals surface area contributed by atoms with Crippen molar-refractivity contribution in [3.05, 3.63) is 59.0 Å². The van der Waals surface area contributed by atoms with Gasteiger partial charge in [0.1, 0.15) is 11.6 Å². The Morgan fingerprint density at radius 1 is 1.16 bits per heavy atom. The lowest BCUT2D eigenvalue weighted by molar-refractivity contribution is -0.121. The van der Waals surface area contributed by atoms with E-state index in [0.29, 0.717) is 32.4 Å². The van der Waals surface area contributed by atoms with Crippen molar-refractivity contribution in [1.29, 1.82) is 0 Å². The van der Waals surface area contributed by atoms with Gasteiger partial charge in [0.05, 0.1) is 6.61 Å². The van der Waals surface area contributed by atoms with Crippen molar-refractivity contribution in [2.75, 3.05) is 13.2 Å². The molecule has 0 atom stereocenters. The molecule has 2 heterocycles. The number of carbonyl (C=O) groups excluding carboxylic acids is 1. The number of carbonyl (C=O) groups is 1. The minimum Gasteiger partial charge on any atom is -0.494 e. The minimum atomic E-state index is 0.0215. The molecule has 6 nitrogen and oxygen atoms in total. The van der Waals surface area contributed by atoms with Gasteiger partial charge >= 0.3 is 0 Å². The zero-order chi connectivity index (χ0) is 17.5. The number of benzene rings is 1. The molecule has 0 radical (unpaired) electrons. The van der Waals surface area contributed by atoms with E-state index >= 15 is 0 Å². The number of fused-ring (bicyclic) bond motifs is 1. The zero-order valence-corrected chi connectivity index (χ0v) is 15.3. The van der Waals surface area contributed by atoms with Crippen LogP contribution in [-0.4, -0.2) is 33.7 Å². The Hall–Kier alpha value is -2.41. The fourth-order valence-corrected chi connectivity index (χ4v) is 2.68. The van der Waals surface area contributed by atoms with E-state index in [1.165, 1.54) is 0 Å². The van der Waals surface area contributed by atoms with Crippen molar-refractivity contribution < 1.29 is 9.53 Å². The summed E-state index contributed by atoms with van der Waals surface area (Å²) < 4.78 is 8.54. The first-order valence-electron chi connectivity index (χ1n) is 8.16. The lowest BCUT2D eigenvalue weighted by atomic mass is 10.3. The molecule has 0 aliphatic carbocycles. The number of hydrogen-bond acceptors (Lipinski definition) is 4. The molecule has 1 aromatic carbocycles. The van der Waals surface area contributed by atoms with Crippen molar-refractivity contribution in [3.63, 3.8) is 0 Å². The van der Waals surface area contributed by atoms with E-state index in [4.69, 9.17) is 4.74 Å². The van der Waals surface area contributed by atoms with Gasteiger partial charge in [-0.05, 0) is 42.8 Å². The van der Waals surface area contributed by atoms with Gasteiger partial charge in [-0.2, -0.15) is 0 Å². The SMILES string of the molecule is O=C(CCCOc1ccc(Br)cc1)NCCc1nnc2ccccn12. The summed E-state index contributed by atoms with van der Waals surface area (Å²) in [5, 5.41) is 11.1. The van der Waals surface area contributed by atoms with Crippen LogP contribution in [0.2, 0.25) is 0 Å². The van der Waals surface area contributed by atoms with Crippen LogP contribution in [0, 0.1) is 0 Å². The fraction of sp³-hybridized carbons (Fsp3) is 0.278. The largest absolute Gasteiger partial charge is 0.494 e. The lowest BCUT2D eigenvalue weighted by Gasteiger charge is -2.07. The third-order valence-corrected chi connectivity index (χ3v) is 4.21. The monoisotopic (exact) mass is 402 g/mol. The molecule has 0 saturated carbocycles. The highest BCUT2D eigenvalue weighted by atomic mass is 79.9. The Bertz CT molecular complexity index is 832. The first-order chi connectivity index (χ1) is 12.2. The second-order valence-corrected chi connectivity index (χ2v) is 6.47. The lowest BCUT2D eigenvalue weighted by Crippen LogP contribution is -2.26. The van der Waals surface area contributed by atoms with Gasteiger partial charge in [0.2, 0.25) is 5.91 Å². The van der Waals surface area contributed by atoms with Gasteiger partial charge in [-0.3, -0.25) is 9.20 Å². The maximum Gasteiger partial charge on any atom is 0.220 e. The Morgan fingerprint density at radius 2 is 2.00 bits per heavy atom. The molecule has 0 saturated heterocycles. The average molecular weight is 403 g/mol. The van der Waals surface area contributed by atoms with Crippen LogP contribution in [0.3, 0.4) is 0 Å². The van der Waals surface area contributed by atoms with Gasteiger partial charge in [0, 0.05) is 30.1 Å². The van der Waals surface area contributed by atoms with Crippen molar-refractivity contribution >= 4 is 27.5 Å². The molecular weight excluding hydrogens is 384 g/mol. The standard InChI is InChI=1S/C18H19BrN4O2/c19-14-6-8-15(9-7-14)25-13-3-5-18(24)20-11-10-17-22-21-16-4-1-2-12-23(16)17/h1-2,4,6-9,12H,3,5,10-11,13H2,(H,20,24). The number of halogens is 1. The molecule has 0 unspecified atom stereocenters. The van der Waals surface area contributed by atoms with Gasteiger partial charge in [-0.25, -0.2) is 0 Å². The average Bonchev–Trinajstić information content (AvgIpc) is 3.04. The number of aromatic nitrogens is 3. The Labute approximate surface area is 154 Å². The number of amides is 1. The highest BCUT2D eigenvalue weighted by molar-refractivity contribution is 9.10. The molecule has 1 N–H and O–H groups in total. The zero-order valence-electron chi connectivity index (χ0n) is 13.7. The van der Waals surface area contributed by atoms with Crippen LogP contribution in [0.4, 0.5) is 0 Å². The smallest absolute Gasteiger partial charge is 0.220 e. The van der Waals surface area contributed by atoms with Crippen molar-refractivity contribution in [2.24, 2.45) is 0 Å². The van der Waals surface area contributed by atoms with Crippen LogP contribution < -0.4 is 10.1 Å². The quantitative estimate of drug-likeness (QED) is 0.588. The second kappa shape index (κ2) is 8.62. The second-order valence-electron chi connectivity index (χ2n) is 5.55. The molecule has 1 amide bonds. The van der Waals surface area contributed by atoms with Crippen molar-refractivity contribution in [3.8, 4) is 5.75 Å². The van der Waals surface area contributed by atoms with Gasteiger partial charge in [-0.1, -0.05) is 22.0 Å². The molecule has 3 rings (SSSR count). The third-order valence-electron chi connectivity index (χ3n) is 3.69. The molecule has 7 heteroatoms. The summed E-state index contributed by atoms with van der Waals surface area (Å²) in [7, 11) is 0. The van der Waals surface area contributed by atoms with E-state index in [1.807, 2.05) is 53.1 Å². The van der Waals surface area contributed by atoms with Crippen LogP contribution in [-0.2, 0) is 11.2 Å². The molecule has 25 heavy (non-hydrogen) atoms. The van der Waals surface area contributed by atoms with E-state index in [1.54, 1.807) is 0 Å². The summed E-state index contributed by atoms with van der Waals surface area (Å²) in [6.45, 7) is 1.06. The number of rotatable bonds is 8. The number of nitrogens with zero attached hydrogens (tertiary/aromatic N) is 3. The molecule has 0 aliphatic rings. The summed E-state index contributed by atoms with van der Waals surface area (Å²) in [6, 6.07) is 13.4. The van der Waals surface area contributed by atoms with Gasteiger partial charge < -0.3 is 10.1 Å². The number of pyridine rings is 1. The first-order valence-corrected chi connectivity index (χ1v) is 8.95. The fourth-order valence-electron chi connectivity index (χ4n) is 2.42. The summed E-state index contributed by atoms with van der Waals surface area (Å²) in [4.78, 5) is 11.9. The van der Waals surface area contributed by atoms with Gasteiger partial charge in [0.15, 0.2) is 5.65 Å². The Kier molecular flexibility index (Phi) is 6.00. The van der Waals surface area contributed by atoms with Crippen LogP contribution in [0.25, 0.3) is 5.65 Å². The van der Waals surface area contributed by atoms with Gasteiger partial charge in [0.25, 0.3) is 0 Å². The first kappa shape index (κ1) is 17.4.